The fourth-order valence-electron chi connectivity index (χ4n) is 4.39. The van der Waals surface area contributed by atoms with Crippen LogP contribution in [0, 0.1) is 12.3 Å². The summed E-state index contributed by atoms with van der Waals surface area (Å²) >= 11 is 1.13. The first-order valence-corrected chi connectivity index (χ1v) is 11.0. The monoisotopic (exact) mass is 446 g/mol. The molecule has 2 aromatic heterocycles. The SMILES string of the molecule is Cc1nn(-c2ccc(C(N)=O)c(Nc3cccc4nsnc34)c2)c2c1C(=O)CC(C)(C)C2. The van der Waals surface area contributed by atoms with Crippen molar-refractivity contribution in [1.82, 2.24) is 18.5 Å². The van der Waals surface area contributed by atoms with Crippen LogP contribution < -0.4 is 11.1 Å². The van der Waals surface area contributed by atoms with Gasteiger partial charge in [0.15, 0.2) is 5.78 Å². The molecule has 2 heterocycles. The van der Waals surface area contributed by atoms with Crippen molar-refractivity contribution < 1.29 is 9.59 Å². The maximum absolute atomic E-state index is 12.8. The zero-order chi connectivity index (χ0) is 22.6. The Bertz CT molecular complexity index is 1400. The van der Waals surface area contributed by atoms with E-state index >= 15 is 0 Å². The number of carbonyl (C=O) groups excluding carboxylic acids is 2. The van der Waals surface area contributed by atoms with Crippen molar-refractivity contribution in [3.05, 3.63) is 58.9 Å². The average molecular weight is 447 g/mol. The molecule has 5 rings (SSSR count). The van der Waals surface area contributed by atoms with Crippen LogP contribution >= 0.6 is 11.7 Å². The first-order chi connectivity index (χ1) is 15.2. The molecule has 9 heteroatoms. The standard InChI is InChI=1S/C23H22N6O2S/c1-12-20-18(10-23(2,3)11-19(20)30)29(26-12)13-7-8-14(22(24)31)17(9-13)25-15-5-4-6-16-21(15)28-32-27-16/h4-9,25H,10-11H2,1-3H3,(H2,24,31). The van der Waals surface area contributed by atoms with E-state index in [1.165, 1.54) is 0 Å². The normalized spacial score (nSPS) is 15.0. The quantitative estimate of drug-likeness (QED) is 0.486. The molecule has 0 radical (unpaired) electrons. The highest BCUT2D eigenvalue weighted by Crippen LogP contribution is 2.37. The molecule has 0 saturated heterocycles. The fraction of sp³-hybridized carbons (Fsp3) is 0.261. The first-order valence-electron chi connectivity index (χ1n) is 10.3. The van der Waals surface area contributed by atoms with Gasteiger partial charge >= 0.3 is 0 Å². The van der Waals surface area contributed by atoms with E-state index in [1.807, 2.05) is 35.9 Å². The molecule has 1 aliphatic rings. The predicted octanol–water partition coefficient (Wildman–Crippen LogP) is 4.18. The predicted molar refractivity (Wildman–Crippen MR) is 124 cm³/mol. The number of rotatable bonds is 4. The minimum Gasteiger partial charge on any atom is -0.366 e. The Morgan fingerprint density at radius 3 is 2.75 bits per heavy atom. The number of aromatic nitrogens is 4. The van der Waals surface area contributed by atoms with Gasteiger partial charge in [-0.3, -0.25) is 9.59 Å². The fourth-order valence-corrected chi connectivity index (χ4v) is 4.94. The van der Waals surface area contributed by atoms with E-state index in [9.17, 15) is 9.59 Å². The maximum atomic E-state index is 12.8. The van der Waals surface area contributed by atoms with E-state index in [4.69, 9.17) is 5.73 Å². The summed E-state index contributed by atoms with van der Waals surface area (Å²) in [6, 6.07) is 10.9. The first kappa shape index (κ1) is 20.3. The van der Waals surface area contributed by atoms with Crippen LogP contribution in [0.3, 0.4) is 0 Å². The van der Waals surface area contributed by atoms with Crippen LogP contribution in [0.1, 0.15) is 52.4 Å². The number of nitrogens with one attached hydrogen (secondary N) is 1. The topological polar surface area (TPSA) is 116 Å². The summed E-state index contributed by atoms with van der Waals surface area (Å²) in [5.41, 5.74) is 11.7. The van der Waals surface area contributed by atoms with Gasteiger partial charge in [0.05, 0.1) is 51.3 Å². The van der Waals surface area contributed by atoms with E-state index in [0.717, 1.165) is 46.3 Å². The number of aryl methyl sites for hydroxylation is 1. The van der Waals surface area contributed by atoms with Crippen LogP contribution in [0.4, 0.5) is 11.4 Å². The summed E-state index contributed by atoms with van der Waals surface area (Å²) in [6.07, 6.45) is 1.24. The molecule has 0 spiro atoms. The minimum atomic E-state index is -0.544. The molecule has 0 saturated carbocycles. The van der Waals surface area contributed by atoms with Crippen LogP contribution in [0.25, 0.3) is 16.7 Å². The lowest BCUT2D eigenvalue weighted by molar-refractivity contribution is 0.0909. The molecule has 4 aromatic rings. The van der Waals surface area contributed by atoms with E-state index in [-0.39, 0.29) is 11.2 Å². The Morgan fingerprint density at radius 2 is 1.97 bits per heavy atom. The lowest BCUT2D eigenvalue weighted by atomic mass is 9.75. The number of Topliss-reactive ketones (excluding diaryl/α,β-unsaturated/α-hetero) is 1. The average Bonchev–Trinajstić information content (AvgIpc) is 3.32. The molecule has 0 aliphatic heterocycles. The summed E-state index contributed by atoms with van der Waals surface area (Å²) in [6.45, 7) is 6.04. The number of fused-ring (bicyclic) bond motifs is 2. The number of ketones is 1. The number of hydrogen-bond acceptors (Lipinski definition) is 7. The van der Waals surface area contributed by atoms with Gasteiger partial charge in [0.2, 0.25) is 0 Å². The van der Waals surface area contributed by atoms with Crippen molar-refractivity contribution in [2.45, 2.75) is 33.6 Å². The lowest BCUT2D eigenvalue weighted by Gasteiger charge is -2.29. The van der Waals surface area contributed by atoms with E-state index in [1.54, 1.807) is 12.1 Å². The molecule has 0 unspecified atom stereocenters. The molecule has 162 valence electrons. The highest BCUT2D eigenvalue weighted by molar-refractivity contribution is 7.00. The van der Waals surface area contributed by atoms with Gasteiger partial charge in [0.25, 0.3) is 5.91 Å². The summed E-state index contributed by atoms with van der Waals surface area (Å²) in [5.74, 6) is -0.424. The van der Waals surface area contributed by atoms with Crippen LogP contribution in [0.5, 0.6) is 0 Å². The van der Waals surface area contributed by atoms with Crippen molar-refractivity contribution >= 4 is 45.8 Å². The Kier molecular flexibility index (Phi) is 4.59. The van der Waals surface area contributed by atoms with Crippen molar-refractivity contribution in [2.24, 2.45) is 11.1 Å². The van der Waals surface area contributed by atoms with Gasteiger partial charge in [-0.1, -0.05) is 19.9 Å². The number of hydrogen-bond donors (Lipinski definition) is 2. The number of nitrogens with zero attached hydrogens (tertiary/aromatic N) is 4. The van der Waals surface area contributed by atoms with E-state index in [0.29, 0.717) is 28.9 Å². The largest absolute Gasteiger partial charge is 0.366 e. The van der Waals surface area contributed by atoms with Gasteiger partial charge in [-0.05, 0) is 49.1 Å². The second-order valence-electron chi connectivity index (χ2n) is 8.92. The molecular weight excluding hydrogens is 424 g/mol. The number of amides is 1. The molecule has 1 aliphatic carbocycles. The zero-order valence-corrected chi connectivity index (χ0v) is 18.8. The van der Waals surface area contributed by atoms with Gasteiger partial charge in [-0.2, -0.15) is 13.8 Å². The van der Waals surface area contributed by atoms with Crippen LogP contribution in [-0.2, 0) is 6.42 Å². The number of benzene rings is 2. The van der Waals surface area contributed by atoms with Crippen LogP contribution in [0.15, 0.2) is 36.4 Å². The molecule has 2 aromatic carbocycles. The highest BCUT2D eigenvalue weighted by atomic mass is 32.1. The van der Waals surface area contributed by atoms with Gasteiger partial charge in [-0.25, -0.2) is 4.68 Å². The number of carbonyl (C=O) groups is 2. The molecule has 8 nitrogen and oxygen atoms in total. The lowest BCUT2D eigenvalue weighted by Crippen LogP contribution is -2.28. The summed E-state index contributed by atoms with van der Waals surface area (Å²) in [5, 5.41) is 7.97. The molecule has 32 heavy (non-hydrogen) atoms. The molecule has 0 atom stereocenters. The third-order valence-electron chi connectivity index (χ3n) is 5.79. The van der Waals surface area contributed by atoms with E-state index < -0.39 is 5.91 Å². The van der Waals surface area contributed by atoms with Crippen LogP contribution in [0.2, 0.25) is 0 Å². The van der Waals surface area contributed by atoms with Crippen molar-refractivity contribution in [2.75, 3.05) is 5.32 Å². The third-order valence-corrected chi connectivity index (χ3v) is 6.33. The third kappa shape index (κ3) is 3.34. The molecule has 3 N–H and O–H groups in total. The molecular formula is C23H22N6O2S. The van der Waals surface area contributed by atoms with Gasteiger partial charge < -0.3 is 11.1 Å². The second-order valence-corrected chi connectivity index (χ2v) is 9.44. The Hall–Kier alpha value is -3.59. The van der Waals surface area contributed by atoms with Gasteiger partial charge in [-0.15, -0.1) is 0 Å². The van der Waals surface area contributed by atoms with Crippen LogP contribution in [-0.4, -0.2) is 30.2 Å². The summed E-state index contributed by atoms with van der Waals surface area (Å²) in [7, 11) is 0. The Labute approximate surface area is 188 Å². The van der Waals surface area contributed by atoms with E-state index in [2.05, 4.69) is 33.0 Å². The number of nitrogens with two attached hydrogens (primary N) is 1. The Morgan fingerprint density at radius 1 is 1.16 bits per heavy atom. The molecule has 1 amide bonds. The molecule has 0 bridgehead atoms. The number of anilines is 2. The summed E-state index contributed by atoms with van der Waals surface area (Å²) < 4.78 is 10.4. The molecule has 0 fully saturated rings. The summed E-state index contributed by atoms with van der Waals surface area (Å²) in [4.78, 5) is 24.9. The maximum Gasteiger partial charge on any atom is 0.250 e. The number of primary amides is 1. The zero-order valence-electron chi connectivity index (χ0n) is 18.0. The smallest absolute Gasteiger partial charge is 0.250 e. The Balaban J connectivity index is 1.64. The second kappa shape index (κ2) is 7.23. The van der Waals surface area contributed by atoms with Gasteiger partial charge in [0.1, 0.15) is 11.0 Å². The minimum absolute atomic E-state index is 0.120. The van der Waals surface area contributed by atoms with Crippen molar-refractivity contribution in [3.8, 4) is 5.69 Å². The van der Waals surface area contributed by atoms with Crippen molar-refractivity contribution in [1.29, 1.82) is 0 Å². The van der Waals surface area contributed by atoms with Crippen molar-refractivity contribution in [3.63, 3.8) is 0 Å². The highest BCUT2D eigenvalue weighted by Gasteiger charge is 2.35. The van der Waals surface area contributed by atoms with Gasteiger partial charge in [0, 0.05) is 6.42 Å².